The molecule has 0 N–H and O–H groups in total. The Bertz CT molecular complexity index is 678. The number of hydrogen-bond donors (Lipinski definition) is 0. The molecule has 0 aliphatic carbocycles. The number of unbranched alkanes of at least 4 members (excludes halogenated alkanes) is 14. The molecule has 5 heteroatoms. The summed E-state index contributed by atoms with van der Waals surface area (Å²) in [4.78, 5) is 2.51. The van der Waals surface area contributed by atoms with Crippen LogP contribution in [-0.4, -0.2) is 53.4 Å². The highest BCUT2D eigenvalue weighted by Gasteiger charge is 2.41. The maximum Gasteiger partial charge on any atom is 0.192 e. The summed E-state index contributed by atoms with van der Waals surface area (Å²) in [6.45, 7) is 30.9. The summed E-state index contributed by atoms with van der Waals surface area (Å²) < 4.78 is 14.3. The van der Waals surface area contributed by atoms with Crippen LogP contribution in [0.15, 0.2) is 0 Å². The van der Waals surface area contributed by atoms with Gasteiger partial charge in [0.05, 0.1) is 18.8 Å². The minimum absolute atomic E-state index is 0.200. The molecule has 0 amide bonds. The Labute approximate surface area is 281 Å². The summed E-state index contributed by atoms with van der Waals surface area (Å²) in [5.41, 5.74) is 0. The van der Waals surface area contributed by atoms with Crippen LogP contribution in [-0.2, 0) is 8.85 Å². The fourth-order valence-electron chi connectivity index (χ4n) is 5.48. The number of hydrogen-bond acceptors (Lipinski definition) is 3. The molecule has 0 aromatic carbocycles. The van der Waals surface area contributed by atoms with Crippen LogP contribution < -0.4 is 0 Å². The van der Waals surface area contributed by atoms with Crippen LogP contribution in [0.2, 0.25) is 36.3 Å². The van der Waals surface area contributed by atoms with Gasteiger partial charge in [0.15, 0.2) is 16.6 Å². The van der Waals surface area contributed by atoms with E-state index in [4.69, 9.17) is 15.3 Å². The average Bonchev–Trinajstić information content (AvgIpc) is 2.90. The quantitative estimate of drug-likeness (QED) is 0.0501. The first-order chi connectivity index (χ1) is 20.5. The van der Waals surface area contributed by atoms with Gasteiger partial charge in [-0.2, -0.15) is 0 Å². The molecule has 0 spiro atoms. The van der Waals surface area contributed by atoms with E-state index in [1.807, 2.05) is 0 Å². The molecular weight excluding hydrogens is 571 g/mol. The summed E-state index contributed by atoms with van der Waals surface area (Å²) >= 11 is 0. The average molecular weight is 652 g/mol. The molecule has 0 saturated carbocycles. The van der Waals surface area contributed by atoms with Gasteiger partial charge in [-0.05, 0) is 49.1 Å². The Kier molecular flexibility index (Phi) is 23.2. The fraction of sp³-hybridized carbons (Fsp3) is 0.949. The first-order valence-corrected chi connectivity index (χ1v) is 24.8. The highest BCUT2D eigenvalue weighted by atomic mass is 28.4. The molecule has 0 rings (SSSR count). The van der Waals surface area contributed by atoms with Gasteiger partial charge in [-0.15, -0.1) is 6.42 Å². The molecule has 0 heterocycles. The van der Waals surface area contributed by atoms with Gasteiger partial charge in [-0.3, -0.25) is 4.90 Å². The Morgan fingerprint density at radius 2 is 0.841 bits per heavy atom. The summed E-state index contributed by atoms with van der Waals surface area (Å²) in [7, 11) is -3.79. The summed E-state index contributed by atoms with van der Waals surface area (Å²) in [5.74, 6) is 3.00. The third-order valence-corrected chi connectivity index (χ3v) is 19.6. The second-order valence-electron chi connectivity index (χ2n) is 16.9. The van der Waals surface area contributed by atoms with Gasteiger partial charge in [0, 0.05) is 13.1 Å². The zero-order valence-corrected chi connectivity index (χ0v) is 34.3. The molecule has 0 aromatic rings. The van der Waals surface area contributed by atoms with E-state index in [-0.39, 0.29) is 22.3 Å². The summed E-state index contributed by atoms with van der Waals surface area (Å²) in [5, 5.41) is 0.401. The van der Waals surface area contributed by atoms with Crippen molar-refractivity contribution in [3.63, 3.8) is 0 Å². The SMILES string of the molecule is C#CCN(CC(CCCCCCCCCC)O[Si](C)(C)C(C)(C)C)CC(CCCCCCCCCC)O[Si](C)(C)C(C)(C)C. The van der Waals surface area contributed by atoms with Crippen LogP contribution >= 0.6 is 0 Å². The summed E-state index contributed by atoms with van der Waals surface area (Å²) in [6.07, 6.45) is 30.3. The Morgan fingerprint density at radius 3 is 1.11 bits per heavy atom. The predicted octanol–water partition coefficient (Wildman–Crippen LogP) is 12.8. The van der Waals surface area contributed by atoms with E-state index in [0.29, 0.717) is 6.54 Å². The molecule has 0 aromatic heterocycles. The molecule has 44 heavy (non-hydrogen) atoms. The summed E-state index contributed by atoms with van der Waals surface area (Å²) in [6, 6.07) is 0. The van der Waals surface area contributed by atoms with E-state index in [2.05, 4.69) is 92.4 Å². The van der Waals surface area contributed by atoms with E-state index in [9.17, 15) is 0 Å². The van der Waals surface area contributed by atoms with E-state index in [0.717, 1.165) is 25.9 Å². The molecule has 0 aliphatic heterocycles. The van der Waals surface area contributed by atoms with Crippen LogP contribution in [0.5, 0.6) is 0 Å². The number of nitrogens with zero attached hydrogens (tertiary/aromatic N) is 1. The molecule has 0 saturated heterocycles. The molecule has 3 nitrogen and oxygen atoms in total. The maximum atomic E-state index is 7.13. The lowest BCUT2D eigenvalue weighted by atomic mass is 10.0. The molecule has 0 aliphatic rings. The van der Waals surface area contributed by atoms with Crippen molar-refractivity contribution in [3.05, 3.63) is 0 Å². The lowest BCUT2D eigenvalue weighted by molar-refractivity contribution is 0.0758. The first-order valence-electron chi connectivity index (χ1n) is 19.0. The minimum Gasteiger partial charge on any atom is -0.413 e. The van der Waals surface area contributed by atoms with Crippen LogP contribution in [0.3, 0.4) is 0 Å². The molecule has 262 valence electrons. The molecule has 2 atom stereocenters. The number of terminal acetylenes is 1. The van der Waals surface area contributed by atoms with Crippen molar-refractivity contribution in [1.82, 2.24) is 4.90 Å². The van der Waals surface area contributed by atoms with E-state index < -0.39 is 16.6 Å². The van der Waals surface area contributed by atoms with E-state index >= 15 is 0 Å². The maximum absolute atomic E-state index is 7.13. The monoisotopic (exact) mass is 652 g/mol. The van der Waals surface area contributed by atoms with Crippen molar-refractivity contribution in [3.8, 4) is 12.3 Å². The second kappa shape index (κ2) is 23.2. The van der Waals surface area contributed by atoms with Crippen LogP contribution in [0.25, 0.3) is 0 Å². The lowest BCUT2D eigenvalue weighted by Crippen LogP contribution is -2.50. The predicted molar refractivity (Wildman–Crippen MR) is 204 cm³/mol. The molecule has 0 fully saturated rings. The molecule has 0 bridgehead atoms. The van der Waals surface area contributed by atoms with Crippen molar-refractivity contribution in [1.29, 1.82) is 0 Å². The van der Waals surface area contributed by atoms with Crippen molar-refractivity contribution < 1.29 is 8.85 Å². The van der Waals surface area contributed by atoms with Gasteiger partial charge >= 0.3 is 0 Å². The van der Waals surface area contributed by atoms with Gasteiger partial charge in [0.25, 0.3) is 0 Å². The van der Waals surface area contributed by atoms with Gasteiger partial charge < -0.3 is 8.85 Å². The van der Waals surface area contributed by atoms with Gasteiger partial charge in [-0.25, -0.2) is 0 Å². The molecule has 0 radical (unpaired) electrons. The van der Waals surface area contributed by atoms with Crippen LogP contribution in [0.4, 0.5) is 0 Å². The smallest absolute Gasteiger partial charge is 0.192 e. The third kappa shape index (κ3) is 20.2. The zero-order valence-electron chi connectivity index (χ0n) is 32.3. The Morgan fingerprint density at radius 1 is 0.545 bits per heavy atom. The standard InChI is InChI=1S/C39H81NO2Si2/c1-14-17-19-21-23-25-27-29-31-36(41-43(10,11)38(4,5)6)34-40(33-16-3)35-37(42-44(12,13)39(7,8)9)32-30-28-26-24-22-20-18-15-2/h3,36-37H,14-15,17-35H2,1-2,4-13H3. The van der Waals surface area contributed by atoms with Crippen molar-refractivity contribution >= 4 is 16.6 Å². The third-order valence-electron chi connectivity index (χ3n) is 10.5. The van der Waals surface area contributed by atoms with Crippen molar-refractivity contribution in [2.75, 3.05) is 19.6 Å². The van der Waals surface area contributed by atoms with Crippen LogP contribution in [0, 0.1) is 12.3 Å². The second-order valence-corrected chi connectivity index (χ2v) is 26.4. The Hall–Kier alpha value is -0.126. The highest BCUT2D eigenvalue weighted by molar-refractivity contribution is 6.74. The van der Waals surface area contributed by atoms with Gasteiger partial charge in [-0.1, -0.05) is 164 Å². The fourth-order valence-corrected chi connectivity index (χ4v) is 8.24. The zero-order chi connectivity index (χ0) is 33.7. The van der Waals surface area contributed by atoms with Gasteiger partial charge in [0.2, 0.25) is 0 Å². The largest absolute Gasteiger partial charge is 0.413 e. The molecule has 2 unspecified atom stereocenters. The van der Waals surface area contributed by atoms with Crippen molar-refractivity contribution in [2.45, 2.75) is 219 Å². The number of rotatable bonds is 27. The van der Waals surface area contributed by atoms with E-state index in [1.165, 1.54) is 103 Å². The van der Waals surface area contributed by atoms with Gasteiger partial charge in [0.1, 0.15) is 0 Å². The van der Waals surface area contributed by atoms with E-state index in [1.54, 1.807) is 0 Å². The van der Waals surface area contributed by atoms with Crippen LogP contribution in [0.1, 0.15) is 171 Å². The Balaban J connectivity index is 5.53. The topological polar surface area (TPSA) is 21.7 Å². The normalized spacial score (nSPS) is 14.6. The minimum atomic E-state index is -1.90. The van der Waals surface area contributed by atoms with Crippen molar-refractivity contribution in [2.24, 2.45) is 0 Å². The molecular formula is C39H81NO2Si2. The first kappa shape index (κ1) is 43.9. The lowest BCUT2D eigenvalue weighted by Gasteiger charge is -2.42. The highest BCUT2D eigenvalue weighted by Crippen LogP contribution is 2.39.